The number of hydrogen-bond donors (Lipinski definition) is 1. The van der Waals surface area contributed by atoms with Gasteiger partial charge in [-0.15, -0.1) is 0 Å². The minimum Gasteiger partial charge on any atom is -0.467 e. The zero-order valence-electron chi connectivity index (χ0n) is 17.6. The van der Waals surface area contributed by atoms with Crippen LogP contribution in [0.25, 0.3) is 0 Å². The van der Waals surface area contributed by atoms with Gasteiger partial charge in [0.1, 0.15) is 5.75 Å². The van der Waals surface area contributed by atoms with Gasteiger partial charge in [-0.05, 0) is 56.2 Å². The minimum atomic E-state index is -0.835. The number of likely N-dealkylation sites (tertiary alicyclic amines) is 1. The highest BCUT2D eigenvalue weighted by molar-refractivity contribution is 9.10. The number of nitrogens with one attached hydrogen (secondary N) is 1. The monoisotopic (exact) mass is 483 g/mol. The van der Waals surface area contributed by atoms with E-state index in [9.17, 15) is 9.59 Å². The lowest BCUT2D eigenvalue weighted by Gasteiger charge is -2.50. The van der Waals surface area contributed by atoms with Gasteiger partial charge < -0.3 is 15.0 Å². The van der Waals surface area contributed by atoms with Gasteiger partial charge >= 0.3 is 6.03 Å². The maximum Gasteiger partial charge on any atom is 0.325 e. The Labute approximate surface area is 190 Å². The van der Waals surface area contributed by atoms with Gasteiger partial charge in [0.15, 0.2) is 5.72 Å². The smallest absolute Gasteiger partial charge is 0.325 e. The van der Waals surface area contributed by atoms with Crippen LogP contribution in [0.2, 0.25) is 0 Å². The van der Waals surface area contributed by atoms with Gasteiger partial charge in [0, 0.05) is 35.1 Å². The van der Waals surface area contributed by atoms with Gasteiger partial charge in [0.2, 0.25) is 0 Å². The first kappa shape index (κ1) is 20.4. The van der Waals surface area contributed by atoms with Crippen LogP contribution >= 0.6 is 15.9 Å². The molecule has 0 saturated carbocycles. The van der Waals surface area contributed by atoms with Crippen LogP contribution in [0, 0.1) is 0 Å². The summed E-state index contributed by atoms with van der Waals surface area (Å²) in [5.41, 5.74) is 1.42. The van der Waals surface area contributed by atoms with E-state index in [0.717, 1.165) is 41.7 Å². The van der Waals surface area contributed by atoms with Crippen molar-refractivity contribution >= 4 is 33.6 Å². The second-order valence-electron chi connectivity index (χ2n) is 8.76. The lowest BCUT2D eigenvalue weighted by molar-refractivity contribution is 0.0378. The molecule has 0 aromatic heterocycles. The van der Waals surface area contributed by atoms with Crippen LogP contribution in [0.15, 0.2) is 46.9 Å². The van der Waals surface area contributed by atoms with Gasteiger partial charge in [-0.1, -0.05) is 34.8 Å². The Bertz CT molecular complexity index is 1030. The zero-order chi connectivity index (χ0) is 21.6. The largest absolute Gasteiger partial charge is 0.467 e. The summed E-state index contributed by atoms with van der Waals surface area (Å²) in [6, 6.07) is 12.9. The number of urea groups is 1. The first-order valence-electron chi connectivity index (χ1n) is 10.9. The summed E-state index contributed by atoms with van der Waals surface area (Å²) in [5, 5.41) is 3.12. The maximum atomic E-state index is 13.2. The number of amides is 3. The normalized spacial score (nSPS) is 25.2. The minimum absolute atomic E-state index is 0.0314. The second kappa shape index (κ2) is 7.86. The summed E-state index contributed by atoms with van der Waals surface area (Å²) in [4.78, 5) is 29.9. The molecule has 2 saturated heterocycles. The molecule has 3 aliphatic rings. The third-order valence-electron chi connectivity index (χ3n) is 6.48. The van der Waals surface area contributed by atoms with Crippen molar-refractivity contribution in [1.82, 2.24) is 10.2 Å². The van der Waals surface area contributed by atoms with Crippen molar-refractivity contribution in [3.8, 4) is 5.75 Å². The lowest BCUT2D eigenvalue weighted by atomic mass is 9.90. The quantitative estimate of drug-likeness (QED) is 0.635. The Morgan fingerprint density at radius 2 is 1.90 bits per heavy atom. The first-order chi connectivity index (χ1) is 14.9. The van der Waals surface area contributed by atoms with Crippen LogP contribution in [-0.4, -0.2) is 35.7 Å². The van der Waals surface area contributed by atoms with Gasteiger partial charge in [-0.25, -0.2) is 4.79 Å². The van der Waals surface area contributed by atoms with Crippen LogP contribution in [0.4, 0.5) is 10.5 Å². The number of anilines is 1. The highest BCUT2D eigenvalue weighted by atomic mass is 79.9. The maximum absolute atomic E-state index is 13.2. The summed E-state index contributed by atoms with van der Waals surface area (Å²) in [6.07, 6.45) is 5.05. The highest BCUT2D eigenvalue weighted by Crippen LogP contribution is 2.46. The van der Waals surface area contributed by atoms with Crippen LogP contribution in [0.1, 0.15) is 61.0 Å². The van der Waals surface area contributed by atoms with E-state index in [0.29, 0.717) is 17.7 Å². The Balaban J connectivity index is 1.46. The molecule has 0 spiro atoms. The number of ether oxygens (including phenoxy) is 1. The first-order valence-corrected chi connectivity index (χ1v) is 11.7. The molecule has 5 rings (SSSR count). The fraction of sp³-hybridized carbons (Fsp3) is 0.417. The van der Waals surface area contributed by atoms with E-state index in [4.69, 9.17) is 4.74 Å². The number of hydrogen-bond acceptors (Lipinski definition) is 3. The molecule has 31 heavy (non-hydrogen) atoms. The molecule has 2 unspecified atom stereocenters. The van der Waals surface area contributed by atoms with Crippen molar-refractivity contribution in [3.63, 3.8) is 0 Å². The third-order valence-corrected chi connectivity index (χ3v) is 6.97. The molecule has 0 radical (unpaired) electrons. The van der Waals surface area contributed by atoms with Crippen molar-refractivity contribution in [1.29, 1.82) is 0 Å². The van der Waals surface area contributed by atoms with Gasteiger partial charge in [0.25, 0.3) is 5.91 Å². The van der Waals surface area contributed by atoms with Crippen LogP contribution < -0.4 is 15.0 Å². The van der Waals surface area contributed by atoms with Crippen molar-refractivity contribution < 1.29 is 14.3 Å². The average molecular weight is 484 g/mol. The Hall–Kier alpha value is -2.54. The molecule has 0 aliphatic carbocycles. The molecule has 2 atom stereocenters. The number of carbonyl (C=O) groups excluding carboxylic acids is 2. The molecule has 2 fully saturated rings. The van der Waals surface area contributed by atoms with Crippen molar-refractivity contribution in [2.75, 3.05) is 18.0 Å². The van der Waals surface area contributed by atoms with E-state index in [1.54, 1.807) is 4.90 Å². The molecule has 1 N–H and O–H groups in total. The van der Waals surface area contributed by atoms with E-state index in [2.05, 4.69) is 21.2 Å². The van der Waals surface area contributed by atoms with Crippen molar-refractivity contribution in [2.45, 2.75) is 50.8 Å². The number of fused-ring (bicyclic) bond motifs is 4. The molecular formula is C24H26BrN3O3. The second-order valence-corrected chi connectivity index (χ2v) is 9.67. The standard InChI is InChI=1S/C24H26BrN3O3/c1-24-15-20(19-14-17(25)9-10-21(19)31-24)26-23(30)28(24)18-8-6-7-16(13-18)22(29)27-11-4-2-3-5-12-27/h6-10,13-14,20H,2-5,11-12,15H2,1H3,(H,26,30). The molecule has 6 nitrogen and oxygen atoms in total. The summed E-state index contributed by atoms with van der Waals surface area (Å²) < 4.78 is 7.32. The van der Waals surface area contributed by atoms with Gasteiger partial charge in [-0.3, -0.25) is 9.69 Å². The predicted octanol–water partition coefficient (Wildman–Crippen LogP) is 5.23. The number of rotatable bonds is 2. The number of nitrogens with zero attached hydrogens (tertiary/aromatic N) is 2. The number of halogens is 1. The van der Waals surface area contributed by atoms with E-state index < -0.39 is 5.72 Å². The summed E-state index contributed by atoms with van der Waals surface area (Å²) in [7, 11) is 0. The molecule has 3 amide bonds. The molecular weight excluding hydrogens is 458 g/mol. The predicted molar refractivity (Wildman–Crippen MR) is 122 cm³/mol. The fourth-order valence-corrected chi connectivity index (χ4v) is 5.35. The van der Waals surface area contributed by atoms with Crippen molar-refractivity contribution in [3.05, 3.63) is 58.1 Å². The Kier molecular flexibility index (Phi) is 5.16. The number of benzene rings is 2. The summed E-state index contributed by atoms with van der Waals surface area (Å²) in [6.45, 7) is 3.53. The molecule has 162 valence electrons. The highest BCUT2D eigenvalue weighted by Gasteiger charge is 2.50. The third kappa shape index (κ3) is 3.69. The van der Waals surface area contributed by atoms with E-state index >= 15 is 0 Å². The lowest BCUT2D eigenvalue weighted by Crippen LogP contribution is -2.65. The molecule has 2 aromatic carbocycles. The van der Waals surface area contributed by atoms with Crippen molar-refractivity contribution in [2.24, 2.45) is 0 Å². The fourth-order valence-electron chi connectivity index (χ4n) is 4.97. The number of carbonyl (C=O) groups is 2. The topological polar surface area (TPSA) is 61.9 Å². The van der Waals surface area contributed by atoms with Gasteiger partial charge in [0.05, 0.1) is 11.7 Å². The zero-order valence-corrected chi connectivity index (χ0v) is 19.2. The molecule has 2 bridgehead atoms. The average Bonchev–Trinajstić information content (AvgIpc) is 3.03. The van der Waals surface area contributed by atoms with E-state index in [1.807, 2.05) is 54.3 Å². The summed E-state index contributed by atoms with van der Waals surface area (Å²) >= 11 is 3.50. The summed E-state index contributed by atoms with van der Waals surface area (Å²) in [5.74, 6) is 0.799. The van der Waals surface area contributed by atoms with Crippen LogP contribution in [0.3, 0.4) is 0 Å². The Morgan fingerprint density at radius 1 is 1.13 bits per heavy atom. The van der Waals surface area contributed by atoms with Gasteiger partial charge in [-0.2, -0.15) is 0 Å². The molecule has 7 heteroatoms. The molecule has 3 aliphatic heterocycles. The SMILES string of the molecule is CC12CC(NC(=O)N1c1cccc(C(=O)N3CCCCCC3)c1)c1cc(Br)ccc1O2. The van der Waals surface area contributed by atoms with Crippen LogP contribution in [-0.2, 0) is 0 Å². The van der Waals surface area contributed by atoms with E-state index in [-0.39, 0.29) is 18.0 Å². The molecule has 3 heterocycles. The Morgan fingerprint density at radius 3 is 2.68 bits per heavy atom. The molecule has 2 aromatic rings. The van der Waals surface area contributed by atoms with E-state index in [1.165, 1.54) is 12.8 Å². The van der Waals surface area contributed by atoms with Crippen LogP contribution in [0.5, 0.6) is 5.75 Å².